The number of aryl methyl sites for hydroxylation is 1. The number of hydroxylamine groups is 1. The first-order chi connectivity index (χ1) is 7.08. The van der Waals surface area contributed by atoms with Crippen molar-refractivity contribution < 1.29 is 5.21 Å². The molecule has 1 heterocycles. The molecule has 0 aliphatic rings. The van der Waals surface area contributed by atoms with Crippen LogP contribution in [-0.4, -0.2) is 29.6 Å². The third-order valence-corrected chi connectivity index (χ3v) is 2.21. The molecule has 0 atom stereocenters. The van der Waals surface area contributed by atoms with Gasteiger partial charge in [-0.2, -0.15) is 0 Å². The number of amidine groups is 1. The second-order valence-electron chi connectivity index (χ2n) is 3.36. The zero-order valence-corrected chi connectivity index (χ0v) is 9.20. The maximum Gasteiger partial charge on any atom is 0.149 e. The minimum Gasteiger partial charge on any atom is -0.360 e. The van der Waals surface area contributed by atoms with Gasteiger partial charge in [-0.1, -0.05) is 0 Å². The van der Waals surface area contributed by atoms with Crippen LogP contribution < -0.4 is 10.4 Å². The summed E-state index contributed by atoms with van der Waals surface area (Å²) in [5.74, 6) is 0.777. The Morgan fingerprint density at radius 1 is 1.60 bits per heavy atom. The molecule has 3 N–H and O–H groups in total. The van der Waals surface area contributed by atoms with Crippen LogP contribution in [-0.2, 0) is 0 Å². The van der Waals surface area contributed by atoms with Gasteiger partial charge in [0.15, 0.2) is 0 Å². The zero-order valence-electron chi connectivity index (χ0n) is 9.20. The third-order valence-electron chi connectivity index (χ3n) is 2.21. The Balaban J connectivity index is 3.10. The first kappa shape index (κ1) is 11.5. The van der Waals surface area contributed by atoms with Gasteiger partial charge in [0, 0.05) is 24.8 Å². The molecule has 1 aromatic rings. The van der Waals surface area contributed by atoms with Crippen LogP contribution in [0.5, 0.6) is 0 Å². The standard InChI is InChI=1S/C10H16N4O/c1-4-14(3)9-6-8(10(11)13-15)5-7(2)12-9/h5-6,15H,4H2,1-3H3,(H2,11,13). The van der Waals surface area contributed by atoms with Crippen molar-refractivity contribution in [2.75, 3.05) is 18.5 Å². The van der Waals surface area contributed by atoms with Crippen molar-refractivity contribution in [1.82, 2.24) is 10.5 Å². The molecular weight excluding hydrogens is 192 g/mol. The topological polar surface area (TPSA) is 72.2 Å². The van der Waals surface area contributed by atoms with Crippen molar-refractivity contribution in [3.8, 4) is 0 Å². The van der Waals surface area contributed by atoms with E-state index in [1.807, 2.05) is 31.3 Å². The van der Waals surface area contributed by atoms with Crippen molar-refractivity contribution in [1.29, 1.82) is 5.41 Å². The molecule has 5 nitrogen and oxygen atoms in total. The van der Waals surface area contributed by atoms with Gasteiger partial charge in [0.05, 0.1) is 0 Å². The molecule has 0 aliphatic carbocycles. The maximum absolute atomic E-state index is 8.66. The maximum atomic E-state index is 8.66. The second-order valence-corrected chi connectivity index (χ2v) is 3.36. The predicted molar refractivity (Wildman–Crippen MR) is 59.7 cm³/mol. The van der Waals surface area contributed by atoms with Gasteiger partial charge in [-0.3, -0.25) is 16.1 Å². The average Bonchev–Trinajstić information content (AvgIpc) is 2.26. The van der Waals surface area contributed by atoms with Crippen LogP contribution in [0, 0.1) is 12.3 Å². The van der Waals surface area contributed by atoms with Gasteiger partial charge in [-0.05, 0) is 26.0 Å². The summed E-state index contributed by atoms with van der Waals surface area (Å²) in [6.07, 6.45) is 0. The Morgan fingerprint density at radius 2 is 2.27 bits per heavy atom. The minimum atomic E-state index is -0.0220. The van der Waals surface area contributed by atoms with Crippen molar-refractivity contribution in [3.63, 3.8) is 0 Å². The van der Waals surface area contributed by atoms with E-state index in [-0.39, 0.29) is 5.84 Å². The van der Waals surface area contributed by atoms with Gasteiger partial charge in [0.2, 0.25) is 0 Å². The van der Waals surface area contributed by atoms with Gasteiger partial charge in [-0.15, -0.1) is 0 Å². The highest BCUT2D eigenvalue weighted by atomic mass is 16.5. The largest absolute Gasteiger partial charge is 0.360 e. The summed E-state index contributed by atoms with van der Waals surface area (Å²) in [5, 5.41) is 16.1. The number of anilines is 1. The Labute approximate surface area is 89.2 Å². The van der Waals surface area contributed by atoms with Crippen LogP contribution in [0.2, 0.25) is 0 Å². The van der Waals surface area contributed by atoms with E-state index in [4.69, 9.17) is 10.6 Å². The second kappa shape index (κ2) is 4.75. The first-order valence-corrected chi connectivity index (χ1v) is 4.77. The highest BCUT2D eigenvalue weighted by Gasteiger charge is 2.06. The van der Waals surface area contributed by atoms with Crippen molar-refractivity contribution >= 4 is 11.7 Å². The molecule has 0 unspecified atom stereocenters. The van der Waals surface area contributed by atoms with E-state index in [2.05, 4.69) is 4.98 Å². The lowest BCUT2D eigenvalue weighted by molar-refractivity contribution is 0.234. The van der Waals surface area contributed by atoms with Gasteiger partial charge in [-0.25, -0.2) is 4.98 Å². The molecule has 0 amide bonds. The molecule has 5 heteroatoms. The van der Waals surface area contributed by atoms with Crippen LogP contribution in [0.3, 0.4) is 0 Å². The summed E-state index contributed by atoms with van der Waals surface area (Å²) in [4.78, 5) is 6.31. The summed E-state index contributed by atoms with van der Waals surface area (Å²) >= 11 is 0. The molecule has 82 valence electrons. The van der Waals surface area contributed by atoms with E-state index in [0.29, 0.717) is 5.56 Å². The Hall–Kier alpha value is -1.62. The van der Waals surface area contributed by atoms with E-state index in [0.717, 1.165) is 18.1 Å². The molecule has 1 aromatic heterocycles. The quantitative estimate of drug-likeness (QED) is 0.396. The molecule has 0 aliphatic heterocycles. The van der Waals surface area contributed by atoms with Crippen LogP contribution in [0.25, 0.3) is 0 Å². The Bertz CT molecular complexity index is 364. The number of hydrogen-bond acceptors (Lipinski definition) is 4. The van der Waals surface area contributed by atoms with Gasteiger partial charge in [0.1, 0.15) is 11.7 Å². The molecular formula is C10H16N4O. The fourth-order valence-corrected chi connectivity index (χ4v) is 1.22. The molecule has 0 radical (unpaired) electrons. The monoisotopic (exact) mass is 208 g/mol. The smallest absolute Gasteiger partial charge is 0.149 e. The molecule has 1 rings (SSSR count). The number of aromatic nitrogens is 1. The minimum absolute atomic E-state index is 0.0220. The first-order valence-electron chi connectivity index (χ1n) is 4.77. The zero-order chi connectivity index (χ0) is 11.4. The number of nitrogens with zero attached hydrogens (tertiary/aromatic N) is 2. The number of pyridine rings is 1. The van der Waals surface area contributed by atoms with Gasteiger partial charge < -0.3 is 4.90 Å². The van der Waals surface area contributed by atoms with E-state index in [1.165, 1.54) is 0 Å². The normalized spacial score (nSPS) is 9.87. The van der Waals surface area contributed by atoms with Crippen LogP contribution >= 0.6 is 0 Å². The fraction of sp³-hybridized carbons (Fsp3) is 0.400. The SMILES string of the molecule is CCN(C)c1cc(C(=N)NO)cc(C)n1. The molecule has 0 fully saturated rings. The average molecular weight is 208 g/mol. The summed E-state index contributed by atoms with van der Waals surface area (Å²) in [6, 6.07) is 3.51. The lowest BCUT2D eigenvalue weighted by Gasteiger charge is -2.17. The number of rotatable bonds is 3. The summed E-state index contributed by atoms with van der Waals surface area (Å²) in [6.45, 7) is 4.73. The highest BCUT2D eigenvalue weighted by molar-refractivity contribution is 5.96. The summed E-state index contributed by atoms with van der Waals surface area (Å²) in [5.41, 5.74) is 3.28. The van der Waals surface area contributed by atoms with Crippen molar-refractivity contribution in [2.24, 2.45) is 0 Å². The summed E-state index contributed by atoms with van der Waals surface area (Å²) < 4.78 is 0. The lowest BCUT2D eigenvalue weighted by atomic mass is 10.2. The molecule has 0 bridgehead atoms. The lowest BCUT2D eigenvalue weighted by Crippen LogP contribution is -2.22. The number of nitrogens with one attached hydrogen (secondary N) is 2. The number of hydrogen-bond donors (Lipinski definition) is 3. The fourth-order valence-electron chi connectivity index (χ4n) is 1.22. The Morgan fingerprint density at radius 3 is 2.80 bits per heavy atom. The van der Waals surface area contributed by atoms with E-state index in [9.17, 15) is 0 Å². The third kappa shape index (κ3) is 2.66. The Kier molecular flexibility index (Phi) is 3.62. The predicted octanol–water partition coefficient (Wildman–Crippen LogP) is 1.15. The van der Waals surface area contributed by atoms with Crippen LogP contribution in [0.4, 0.5) is 5.82 Å². The molecule has 15 heavy (non-hydrogen) atoms. The van der Waals surface area contributed by atoms with Gasteiger partial charge >= 0.3 is 0 Å². The van der Waals surface area contributed by atoms with Crippen molar-refractivity contribution in [2.45, 2.75) is 13.8 Å². The molecule has 0 aromatic carbocycles. The van der Waals surface area contributed by atoms with Gasteiger partial charge in [0.25, 0.3) is 0 Å². The molecule has 0 saturated carbocycles. The van der Waals surface area contributed by atoms with E-state index in [1.54, 1.807) is 12.1 Å². The van der Waals surface area contributed by atoms with Crippen LogP contribution in [0.15, 0.2) is 12.1 Å². The molecule has 0 saturated heterocycles. The van der Waals surface area contributed by atoms with Crippen LogP contribution in [0.1, 0.15) is 18.2 Å². The summed E-state index contributed by atoms with van der Waals surface area (Å²) in [7, 11) is 1.93. The molecule has 0 spiro atoms. The van der Waals surface area contributed by atoms with E-state index >= 15 is 0 Å². The highest BCUT2D eigenvalue weighted by Crippen LogP contribution is 2.13. The van der Waals surface area contributed by atoms with E-state index < -0.39 is 0 Å². The van der Waals surface area contributed by atoms with Crippen molar-refractivity contribution in [3.05, 3.63) is 23.4 Å².